The summed E-state index contributed by atoms with van der Waals surface area (Å²) < 4.78 is 5.14. The quantitative estimate of drug-likeness (QED) is 0.882. The third-order valence-corrected chi connectivity index (χ3v) is 2.99. The molecule has 0 amide bonds. The number of aliphatic hydroxyl groups excluding tert-OH is 1. The van der Waals surface area contributed by atoms with Crippen LogP contribution in [0.2, 0.25) is 10.2 Å². The van der Waals surface area contributed by atoms with Gasteiger partial charge in [0.1, 0.15) is 11.9 Å². The molecule has 4 heteroatoms. The molecule has 0 bridgehead atoms. The summed E-state index contributed by atoms with van der Waals surface area (Å²) in [6.07, 6.45) is -0.842. The number of halogens is 2. The molecule has 0 saturated heterocycles. The van der Waals surface area contributed by atoms with Crippen LogP contribution in [0, 0.1) is 6.92 Å². The molecule has 1 aromatic carbocycles. The van der Waals surface area contributed by atoms with E-state index >= 15 is 0 Å². The van der Waals surface area contributed by atoms with Crippen molar-refractivity contribution in [3.8, 4) is 0 Å². The number of hydrogen-bond donors (Lipinski definition) is 1. The molecular formula is C12H10Cl2O2. The van der Waals surface area contributed by atoms with Crippen LogP contribution in [0.25, 0.3) is 0 Å². The van der Waals surface area contributed by atoms with Gasteiger partial charge in [-0.2, -0.15) is 0 Å². The van der Waals surface area contributed by atoms with Crippen molar-refractivity contribution in [2.75, 3.05) is 0 Å². The van der Waals surface area contributed by atoms with E-state index in [0.29, 0.717) is 16.3 Å². The molecule has 0 fully saturated rings. The van der Waals surface area contributed by atoms with E-state index < -0.39 is 6.10 Å². The van der Waals surface area contributed by atoms with Crippen LogP contribution < -0.4 is 0 Å². The van der Waals surface area contributed by atoms with Crippen molar-refractivity contribution in [1.82, 2.24) is 0 Å². The van der Waals surface area contributed by atoms with Crippen LogP contribution in [0.15, 0.2) is 34.7 Å². The molecule has 0 radical (unpaired) electrons. The van der Waals surface area contributed by atoms with E-state index in [1.54, 1.807) is 18.2 Å². The molecule has 2 nitrogen and oxygen atoms in total. The highest BCUT2D eigenvalue weighted by atomic mass is 35.5. The van der Waals surface area contributed by atoms with Gasteiger partial charge in [-0.25, -0.2) is 0 Å². The van der Waals surface area contributed by atoms with Crippen molar-refractivity contribution < 1.29 is 9.52 Å². The van der Waals surface area contributed by atoms with Crippen molar-refractivity contribution in [3.05, 3.63) is 57.5 Å². The topological polar surface area (TPSA) is 33.4 Å². The Morgan fingerprint density at radius 1 is 1.19 bits per heavy atom. The van der Waals surface area contributed by atoms with Gasteiger partial charge in [-0.05, 0) is 47.9 Å². The number of benzene rings is 1. The Labute approximate surface area is 103 Å². The molecule has 2 rings (SSSR count). The Bertz CT molecular complexity index is 505. The molecule has 1 aromatic heterocycles. The molecule has 0 aliphatic heterocycles. The summed E-state index contributed by atoms with van der Waals surface area (Å²) in [6.45, 7) is 1.91. The molecule has 0 saturated carbocycles. The van der Waals surface area contributed by atoms with Crippen molar-refractivity contribution in [1.29, 1.82) is 0 Å². The molecule has 16 heavy (non-hydrogen) atoms. The van der Waals surface area contributed by atoms with Crippen LogP contribution >= 0.6 is 23.2 Å². The zero-order valence-electron chi connectivity index (χ0n) is 8.58. The van der Waals surface area contributed by atoms with Gasteiger partial charge >= 0.3 is 0 Å². The van der Waals surface area contributed by atoms with Gasteiger partial charge in [0.2, 0.25) is 0 Å². The number of aliphatic hydroxyl groups is 1. The SMILES string of the molecule is Cc1ccc(C(O)c2ccc(Cl)o2)cc1Cl. The van der Waals surface area contributed by atoms with E-state index in [1.807, 2.05) is 19.1 Å². The van der Waals surface area contributed by atoms with Gasteiger partial charge in [0, 0.05) is 5.02 Å². The summed E-state index contributed by atoms with van der Waals surface area (Å²) in [6, 6.07) is 8.61. The number of furan rings is 1. The molecule has 0 aliphatic carbocycles. The first-order chi connectivity index (χ1) is 7.58. The zero-order chi connectivity index (χ0) is 11.7. The molecule has 84 valence electrons. The highest BCUT2D eigenvalue weighted by Gasteiger charge is 2.15. The maximum absolute atomic E-state index is 10.0. The van der Waals surface area contributed by atoms with Gasteiger partial charge in [0.15, 0.2) is 5.22 Å². The van der Waals surface area contributed by atoms with E-state index in [9.17, 15) is 5.11 Å². The zero-order valence-corrected chi connectivity index (χ0v) is 10.1. The summed E-state index contributed by atoms with van der Waals surface area (Å²) in [5, 5.41) is 10.9. The fraction of sp³-hybridized carbons (Fsp3) is 0.167. The standard InChI is InChI=1S/C12H10Cl2O2/c1-7-2-3-8(6-9(7)13)12(15)10-4-5-11(14)16-10/h2-6,12,15H,1H3. The molecular weight excluding hydrogens is 247 g/mol. The number of aryl methyl sites for hydroxylation is 1. The van der Waals surface area contributed by atoms with E-state index in [1.165, 1.54) is 0 Å². The Balaban J connectivity index is 2.33. The van der Waals surface area contributed by atoms with Crippen molar-refractivity contribution in [2.45, 2.75) is 13.0 Å². The van der Waals surface area contributed by atoms with E-state index in [4.69, 9.17) is 27.6 Å². The maximum Gasteiger partial charge on any atom is 0.193 e. The predicted octanol–water partition coefficient (Wildman–Crippen LogP) is 3.98. The number of rotatable bonds is 2. The first kappa shape index (κ1) is 11.5. The summed E-state index contributed by atoms with van der Waals surface area (Å²) in [5.74, 6) is 0.407. The monoisotopic (exact) mass is 256 g/mol. The van der Waals surface area contributed by atoms with Crippen LogP contribution in [0.4, 0.5) is 0 Å². The first-order valence-corrected chi connectivity index (χ1v) is 5.53. The van der Waals surface area contributed by atoms with Crippen molar-refractivity contribution in [3.63, 3.8) is 0 Å². The fourth-order valence-corrected chi connectivity index (χ4v) is 1.76. The smallest absolute Gasteiger partial charge is 0.193 e. The van der Waals surface area contributed by atoms with Gasteiger partial charge in [0.05, 0.1) is 0 Å². The van der Waals surface area contributed by atoms with Crippen LogP contribution in [0.5, 0.6) is 0 Å². The largest absolute Gasteiger partial charge is 0.447 e. The Kier molecular flexibility index (Phi) is 3.24. The van der Waals surface area contributed by atoms with Crippen LogP contribution in [-0.4, -0.2) is 5.11 Å². The molecule has 1 heterocycles. The van der Waals surface area contributed by atoms with E-state index in [0.717, 1.165) is 5.56 Å². The Morgan fingerprint density at radius 2 is 1.94 bits per heavy atom. The lowest BCUT2D eigenvalue weighted by atomic mass is 10.1. The van der Waals surface area contributed by atoms with E-state index in [-0.39, 0.29) is 5.22 Å². The van der Waals surface area contributed by atoms with Gasteiger partial charge in [-0.1, -0.05) is 23.7 Å². The first-order valence-electron chi connectivity index (χ1n) is 4.77. The van der Waals surface area contributed by atoms with Crippen molar-refractivity contribution in [2.24, 2.45) is 0 Å². The minimum atomic E-state index is -0.842. The minimum absolute atomic E-state index is 0.257. The van der Waals surface area contributed by atoms with Gasteiger partial charge in [-0.3, -0.25) is 0 Å². The van der Waals surface area contributed by atoms with Crippen molar-refractivity contribution >= 4 is 23.2 Å². The van der Waals surface area contributed by atoms with E-state index in [2.05, 4.69) is 0 Å². The average molecular weight is 257 g/mol. The number of hydrogen-bond acceptors (Lipinski definition) is 2. The molecule has 2 aromatic rings. The second-order valence-corrected chi connectivity index (χ2v) is 4.33. The minimum Gasteiger partial charge on any atom is -0.447 e. The highest BCUT2D eigenvalue weighted by molar-refractivity contribution is 6.31. The summed E-state index contributed by atoms with van der Waals surface area (Å²) in [4.78, 5) is 0. The molecule has 1 atom stereocenters. The molecule has 0 spiro atoms. The van der Waals surface area contributed by atoms with Gasteiger partial charge in [-0.15, -0.1) is 0 Å². The highest BCUT2D eigenvalue weighted by Crippen LogP contribution is 2.28. The average Bonchev–Trinajstić information content (AvgIpc) is 2.68. The Hall–Kier alpha value is -0.960. The lowest BCUT2D eigenvalue weighted by Gasteiger charge is -2.09. The lowest BCUT2D eigenvalue weighted by Crippen LogP contribution is -1.98. The normalized spacial score (nSPS) is 12.8. The second-order valence-electron chi connectivity index (χ2n) is 3.55. The van der Waals surface area contributed by atoms with Crippen LogP contribution in [0.1, 0.15) is 23.0 Å². The third-order valence-electron chi connectivity index (χ3n) is 2.38. The molecule has 0 aliphatic rings. The van der Waals surface area contributed by atoms with Gasteiger partial charge < -0.3 is 9.52 Å². The van der Waals surface area contributed by atoms with Gasteiger partial charge in [0.25, 0.3) is 0 Å². The van der Waals surface area contributed by atoms with Crippen LogP contribution in [-0.2, 0) is 0 Å². The fourth-order valence-electron chi connectivity index (χ4n) is 1.42. The third kappa shape index (κ3) is 2.24. The predicted molar refractivity (Wildman–Crippen MR) is 64.0 cm³/mol. The summed E-state index contributed by atoms with van der Waals surface area (Å²) >= 11 is 11.6. The summed E-state index contributed by atoms with van der Waals surface area (Å²) in [7, 11) is 0. The Morgan fingerprint density at radius 3 is 2.50 bits per heavy atom. The second kappa shape index (κ2) is 4.50. The lowest BCUT2D eigenvalue weighted by molar-refractivity contribution is 0.189. The summed E-state index contributed by atoms with van der Waals surface area (Å²) in [5.41, 5.74) is 1.65. The molecule has 1 unspecified atom stereocenters. The molecule has 1 N–H and O–H groups in total. The maximum atomic E-state index is 10.0. The van der Waals surface area contributed by atoms with Crippen LogP contribution in [0.3, 0.4) is 0 Å².